The second kappa shape index (κ2) is 6.00. The monoisotopic (exact) mass is 317 g/mol. The lowest BCUT2D eigenvalue weighted by Crippen LogP contribution is -2.13. The molecule has 0 atom stereocenters. The average Bonchev–Trinajstić information content (AvgIpc) is 3.24. The molecule has 118 valence electrons. The van der Waals surface area contributed by atoms with E-state index in [1.165, 1.54) is 0 Å². The molecule has 0 aliphatic carbocycles. The number of amides is 1. The second-order valence-corrected chi connectivity index (χ2v) is 5.46. The molecule has 0 spiro atoms. The summed E-state index contributed by atoms with van der Waals surface area (Å²) < 4.78 is 1.84. The minimum Gasteiger partial charge on any atom is -0.324 e. The highest BCUT2D eigenvalue weighted by molar-refractivity contribution is 6.03. The van der Waals surface area contributed by atoms with Crippen LogP contribution < -0.4 is 5.32 Å². The first-order valence-corrected chi connectivity index (χ1v) is 7.60. The summed E-state index contributed by atoms with van der Waals surface area (Å²) in [6, 6.07) is 17.0. The van der Waals surface area contributed by atoms with Crippen molar-refractivity contribution in [2.75, 3.05) is 5.32 Å². The van der Waals surface area contributed by atoms with E-state index in [9.17, 15) is 4.79 Å². The van der Waals surface area contributed by atoms with E-state index in [-0.39, 0.29) is 5.91 Å². The number of anilines is 1. The van der Waals surface area contributed by atoms with Gasteiger partial charge in [0.15, 0.2) is 0 Å². The molecule has 0 saturated heterocycles. The zero-order valence-corrected chi connectivity index (χ0v) is 12.8. The quantitative estimate of drug-likeness (QED) is 0.607. The first kappa shape index (κ1) is 14.2. The van der Waals surface area contributed by atoms with Gasteiger partial charge in [0.05, 0.1) is 17.6 Å². The highest BCUT2D eigenvalue weighted by atomic mass is 16.1. The highest BCUT2D eigenvalue weighted by Gasteiger charge is 2.09. The summed E-state index contributed by atoms with van der Waals surface area (Å²) in [4.78, 5) is 19.8. The van der Waals surface area contributed by atoms with Crippen LogP contribution in [0.1, 0.15) is 15.9 Å². The third-order valence-corrected chi connectivity index (χ3v) is 3.74. The maximum Gasteiger partial charge on any atom is 0.257 e. The van der Waals surface area contributed by atoms with E-state index in [0.717, 1.165) is 16.6 Å². The fraction of sp³-hybridized carbons (Fsp3) is 0.0556. The van der Waals surface area contributed by atoms with Crippen LogP contribution in [0.5, 0.6) is 0 Å². The van der Waals surface area contributed by atoms with Gasteiger partial charge in [-0.15, -0.1) is 0 Å². The number of hydrogen-bond acceptors (Lipinski definition) is 3. The third-order valence-electron chi connectivity index (χ3n) is 3.74. The van der Waals surface area contributed by atoms with Crippen molar-refractivity contribution < 1.29 is 4.79 Å². The number of benzene rings is 2. The number of carbonyl (C=O) groups is 1. The van der Waals surface area contributed by atoms with Crippen LogP contribution in [-0.2, 0) is 6.54 Å². The van der Waals surface area contributed by atoms with Gasteiger partial charge in [-0.25, -0.2) is 4.98 Å². The van der Waals surface area contributed by atoms with Crippen LogP contribution in [0.2, 0.25) is 0 Å². The van der Waals surface area contributed by atoms with Crippen molar-refractivity contribution in [3.8, 4) is 0 Å². The maximum absolute atomic E-state index is 12.3. The SMILES string of the molecule is O=C(Nc1nc2ccccc2[nH]1)c1ccc(Cn2cccn2)cc1. The molecule has 24 heavy (non-hydrogen) atoms. The molecule has 0 unspecified atom stereocenters. The normalized spacial score (nSPS) is 10.8. The van der Waals surface area contributed by atoms with Crippen molar-refractivity contribution in [3.63, 3.8) is 0 Å². The van der Waals surface area contributed by atoms with Crippen LogP contribution in [0.4, 0.5) is 5.95 Å². The first-order valence-electron chi connectivity index (χ1n) is 7.60. The van der Waals surface area contributed by atoms with Crippen LogP contribution in [-0.4, -0.2) is 25.7 Å². The second-order valence-electron chi connectivity index (χ2n) is 5.46. The largest absolute Gasteiger partial charge is 0.324 e. The summed E-state index contributed by atoms with van der Waals surface area (Å²) in [7, 11) is 0. The van der Waals surface area contributed by atoms with Gasteiger partial charge in [0, 0.05) is 18.0 Å². The first-order chi connectivity index (χ1) is 11.8. The predicted molar refractivity (Wildman–Crippen MR) is 91.8 cm³/mol. The number of nitrogens with one attached hydrogen (secondary N) is 2. The Morgan fingerprint density at radius 3 is 2.67 bits per heavy atom. The number of H-pyrrole nitrogens is 1. The van der Waals surface area contributed by atoms with Gasteiger partial charge in [0.25, 0.3) is 5.91 Å². The number of hydrogen-bond donors (Lipinski definition) is 2. The molecule has 6 heteroatoms. The number of imidazole rings is 1. The van der Waals surface area contributed by atoms with Crippen LogP contribution in [0.25, 0.3) is 11.0 Å². The Bertz CT molecular complexity index is 937. The van der Waals surface area contributed by atoms with Gasteiger partial charge < -0.3 is 4.98 Å². The lowest BCUT2D eigenvalue weighted by Gasteiger charge is -2.05. The summed E-state index contributed by atoms with van der Waals surface area (Å²) in [5.74, 6) is 0.251. The Morgan fingerprint density at radius 2 is 1.92 bits per heavy atom. The van der Waals surface area contributed by atoms with E-state index in [2.05, 4.69) is 20.4 Å². The van der Waals surface area contributed by atoms with Gasteiger partial charge in [-0.05, 0) is 35.9 Å². The molecule has 0 aliphatic heterocycles. The molecule has 0 saturated carbocycles. The van der Waals surface area contributed by atoms with Gasteiger partial charge in [0.1, 0.15) is 0 Å². The third kappa shape index (κ3) is 2.89. The molecule has 0 fully saturated rings. The molecule has 6 nitrogen and oxygen atoms in total. The molecule has 0 bridgehead atoms. The lowest BCUT2D eigenvalue weighted by atomic mass is 10.1. The van der Waals surface area contributed by atoms with Crippen LogP contribution in [0.15, 0.2) is 67.0 Å². The van der Waals surface area contributed by atoms with E-state index >= 15 is 0 Å². The van der Waals surface area contributed by atoms with E-state index in [1.807, 2.05) is 53.3 Å². The van der Waals surface area contributed by atoms with Gasteiger partial charge in [-0.2, -0.15) is 5.10 Å². The number of nitrogens with zero attached hydrogens (tertiary/aromatic N) is 3. The molecular weight excluding hydrogens is 302 g/mol. The number of para-hydroxylation sites is 2. The molecule has 2 aromatic carbocycles. The fourth-order valence-corrected chi connectivity index (χ4v) is 2.53. The van der Waals surface area contributed by atoms with Gasteiger partial charge in [0.2, 0.25) is 5.95 Å². The number of rotatable bonds is 4. The van der Waals surface area contributed by atoms with Gasteiger partial charge in [-0.3, -0.25) is 14.8 Å². The van der Waals surface area contributed by atoms with Crippen molar-refractivity contribution >= 4 is 22.9 Å². The zero-order valence-electron chi connectivity index (χ0n) is 12.8. The predicted octanol–water partition coefficient (Wildman–Crippen LogP) is 3.06. The Kier molecular flexibility index (Phi) is 3.55. The topological polar surface area (TPSA) is 75.6 Å². The van der Waals surface area contributed by atoms with Gasteiger partial charge >= 0.3 is 0 Å². The van der Waals surface area contributed by atoms with Crippen LogP contribution >= 0.6 is 0 Å². The van der Waals surface area contributed by atoms with Crippen molar-refractivity contribution in [2.24, 2.45) is 0 Å². The molecule has 0 aliphatic rings. The Hall–Kier alpha value is -3.41. The van der Waals surface area contributed by atoms with E-state index < -0.39 is 0 Å². The number of carbonyl (C=O) groups excluding carboxylic acids is 1. The highest BCUT2D eigenvalue weighted by Crippen LogP contribution is 2.14. The number of aromatic amines is 1. The van der Waals surface area contributed by atoms with Crippen molar-refractivity contribution in [2.45, 2.75) is 6.54 Å². The van der Waals surface area contributed by atoms with Crippen molar-refractivity contribution in [1.82, 2.24) is 19.7 Å². The zero-order chi connectivity index (χ0) is 16.4. The number of fused-ring (bicyclic) bond motifs is 1. The molecule has 4 rings (SSSR count). The maximum atomic E-state index is 12.3. The average molecular weight is 317 g/mol. The standard InChI is InChI=1S/C18H15N5O/c24-17(22-18-20-15-4-1-2-5-16(15)21-18)14-8-6-13(7-9-14)12-23-11-3-10-19-23/h1-11H,12H2,(H2,20,21,22,24). The molecule has 2 aromatic heterocycles. The summed E-state index contributed by atoms with van der Waals surface area (Å²) >= 11 is 0. The van der Waals surface area contributed by atoms with Gasteiger partial charge in [-0.1, -0.05) is 24.3 Å². The minimum atomic E-state index is -0.195. The smallest absolute Gasteiger partial charge is 0.257 e. The molecule has 4 aromatic rings. The van der Waals surface area contributed by atoms with Crippen molar-refractivity contribution in [3.05, 3.63) is 78.1 Å². The van der Waals surface area contributed by atoms with Crippen molar-refractivity contribution in [1.29, 1.82) is 0 Å². The molecular formula is C18H15N5O. The van der Waals surface area contributed by atoms with Crippen LogP contribution in [0, 0.1) is 0 Å². The summed E-state index contributed by atoms with van der Waals surface area (Å²) in [6.45, 7) is 0.679. The Morgan fingerprint density at radius 1 is 1.08 bits per heavy atom. The van der Waals surface area contributed by atoms with E-state index in [4.69, 9.17) is 0 Å². The molecule has 2 heterocycles. The van der Waals surface area contributed by atoms with E-state index in [1.54, 1.807) is 18.3 Å². The summed E-state index contributed by atoms with van der Waals surface area (Å²) in [5.41, 5.74) is 3.38. The Labute approximate surface area is 138 Å². The lowest BCUT2D eigenvalue weighted by molar-refractivity contribution is 0.102. The summed E-state index contributed by atoms with van der Waals surface area (Å²) in [5, 5.41) is 6.96. The summed E-state index contributed by atoms with van der Waals surface area (Å²) in [6.07, 6.45) is 3.65. The molecule has 0 radical (unpaired) electrons. The Balaban J connectivity index is 1.47. The minimum absolute atomic E-state index is 0.195. The molecule has 2 N–H and O–H groups in total. The number of aromatic nitrogens is 4. The molecule has 1 amide bonds. The van der Waals surface area contributed by atoms with E-state index in [0.29, 0.717) is 18.1 Å². The fourth-order valence-electron chi connectivity index (χ4n) is 2.53. The van der Waals surface area contributed by atoms with Crippen LogP contribution in [0.3, 0.4) is 0 Å².